The topological polar surface area (TPSA) is 75.3 Å². The minimum atomic E-state index is -0.239. The highest BCUT2D eigenvalue weighted by Gasteiger charge is 2.09. The number of aliphatic hydroxyl groups is 1. The van der Waals surface area contributed by atoms with Gasteiger partial charge in [0.1, 0.15) is 0 Å². The number of aliphatic hydroxyl groups excluding tert-OH is 1. The number of carbonyl (C=O) groups excluding carboxylic acids is 1. The Morgan fingerprint density at radius 1 is 0.917 bits per heavy atom. The third kappa shape index (κ3) is 3.45. The number of anilines is 2. The van der Waals surface area contributed by atoms with Crippen molar-refractivity contribution in [2.24, 2.45) is 0 Å². The van der Waals surface area contributed by atoms with Crippen LogP contribution in [0.25, 0.3) is 11.1 Å². The molecule has 0 unspecified atom stereocenters. The fraction of sp³-hybridized carbons (Fsp3) is 0.0500. The molecule has 4 nitrogen and oxygen atoms in total. The minimum absolute atomic E-state index is 0.0477. The molecule has 3 aromatic carbocycles. The summed E-state index contributed by atoms with van der Waals surface area (Å²) in [6.07, 6.45) is 0. The van der Waals surface area contributed by atoms with Crippen molar-refractivity contribution in [1.29, 1.82) is 0 Å². The number of nitrogen functional groups attached to an aromatic ring is 1. The molecule has 3 rings (SSSR count). The van der Waals surface area contributed by atoms with Gasteiger partial charge in [-0.25, -0.2) is 0 Å². The standard InChI is InChI=1S/C20H18N2O2/c21-18-11-10-17(15-4-2-1-3-5-15)12-19(18)22-20(24)16-8-6-14(13-23)7-9-16/h1-12,23H,13,21H2,(H,22,24). The van der Waals surface area contributed by atoms with E-state index in [2.05, 4.69) is 5.32 Å². The highest BCUT2D eigenvalue weighted by atomic mass is 16.3. The molecular formula is C20H18N2O2. The van der Waals surface area contributed by atoms with Crippen LogP contribution in [0.2, 0.25) is 0 Å². The summed E-state index contributed by atoms with van der Waals surface area (Å²) in [5, 5.41) is 11.9. The summed E-state index contributed by atoms with van der Waals surface area (Å²) in [6, 6.07) is 22.3. The van der Waals surface area contributed by atoms with E-state index in [0.717, 1.165) is 16.7 Å². The van der Waals surface area contributed by atoms with Gasteiger partial charge in [0.25, 0.3) is 5.91 Å². The molecule has 0 aliphatic carbocycles. The first-order valence-electron chi connectivity index (χ1n) is 7.63. The summed E-state index contributed by atoms with van der Waals surface area (Å²) in [5.41, 5.74) is 10.4. The molecule has 4 heteroatoms. The number of nitrogens with one attached hydrogen (secondary N) is 1. The molecule has 0 radical (unpaired) electrons. The summed E-state index contributed by atoms with van der Waals surface area (Å²) in [5.74, 6) is -0.239. The van der Waals surface area contributed by atoms with Crippen LogP contribution < -0.4 is 11.1 Å². The number of nitrogens with two attached hydrogens (primary N) is 1. The molecule has 0 atom stereocenters. The summed E-state index contributed by atoms with van der Waals surface area (Å²) in [4.78, 5) is 12.4. The lowest BCUT2D eigenvalue weighted by Crippen LogP contribution is -2.13. The van der Waals surface area contributed by atoms with Gasteiger partial charge < -0.3 is 16.2 Å². The van der Waals surface area contributed by atoms with Gasteiger partial charge in [0.05, 0.1) is 18.0 Å². The molecule has 0 heterocycles. The van der Waals surface area contributed by atoms with E-state index in [1.165, 1.54) is 0 Å². The molecule has 0 aliphatic heterocycles. The molecular weight excluding hydrogens is 300 g/mol. The van der Waals surface area contributed by atoms with Crippen molar-refractivity contribution in [3.63, 3.8) is 0 Å². The van der Waals surface area contributed by atoms with E-state index in [1.807, 2.05) is 42.5 Å². The number of hydrogen-bond acceptors (Lipinski definition) is 3. The van der Waals surface area contributed by atoms with E-state index < -0.39 is 0 Å². The third-order valence-electron chi connectivity index (χ3n) is 3.81. The van der Waals surface area contributed by atoms with Gasteiger partial charge >= 0.3 is 0 Å². The first-order chi connectivity index (χ1) is 11.7. The van der Waals surface area contributed by atoms with E-state index in [4.69, 9.17) is 10.8 Å². The number of benzene rings is 3. The van der Waals surface area contributed by atoms with Crippen LogP contribution in [0, 0.1) is 0 Å². The zero-order valence-corrected chi connectivity index (χ0v) is 13.1. The van der Waals surface area contributed by atoms with Crippen LogP contribution >= 0.6 is 0 Å². The van der Waals surface area contributed by atoms with Crippen molar-refractivity contribution in [1.82, 2.24) is 0 Å². The maximum Gasteiger partial charge on any atom is 0.255 e. The Morgan fingerprint density at radius 3 is 2.29 bits per heavy atom. The lowest BCUT2D eigenvalue weighted by atomic mass is 10.0. The van der Waals surface area contributed by atoms with Crippen LogP contribution in [0.1, 0.15) is 15.9 Å². The molecule has 0 spiro atoms. The Labute approximate surface area is 140 Å². The molecule has 0 bridgehead atoms. The van der Waals surface area contributed by atoms with Crippen molar-refractivity contribution < 1.29 is 9.90 Å². The van der Waals surface area contributed by atoms with Crippen molar-refractivity contribution in [3.05, 3.63) is 83.9 Å². The van der Waals surface area contributed by atoms with Crippen molar-refractivity contribution in [3.8, 4) is 11.1 Å². The minimum Gasteiger partial charge on any atom is -0.397 e. The quantitative estimate of drug-likeness (QED) is 0.642. The smallest absolute Gasteiger partial charge is 0.255 e. The molecule has 0 fully saturated rings. The predicted octanol–water partition coefficient (Wildman–Crippen LogP) is 3.68. The van der Waals surface area contributed by atoms with Gasteiger partial charge in [0, 0.05) is 5.56 Å². The zero-order valence-electron chi connectivity index (χ0n) is 13.1. The highest BCUT2D eigenvalue weighted by molar-refractivity contribution is 6.06. The SMILES string of the molecule is Nc1ccc(-c2ccccc2)cc1NC(=O)c1ccc(CO)cc1. The number of rotatable bonds is 4. The lowest BCUT2D eigenvalue weighted by Gasteiger charge is -2.11. The Hall–Kier alpha value is -3.11. The van der Waals surface area contributed by atoms with Gasteiger partial charge in [-0.1, -0.05) is 48.5 Å². The Bertz CT molecular complexity index is 843. The summed E-state index contributed by atoms with van der Waals surface area (Å²) < 4.78 is 0. The second-order valence-corrected chi connectivity index (χ2v) is 5.48. The fourth-order valence-corrected chi connectivity index (χ4v) is 2.43. The molecule has 120 valence electrons. The fourth-order valence-electron chi connectivity index (χ4n) is 2.43. The van der Waals surface area contributed by atoms with E-state index >= 15 is 0 Å². The van der Waals surface area contributed by atoms with Gasteiger partial charge in [-0.15, -0.1) is 0 Å². The summed E-state index contributed by atoms with van der Waals surface area (Å²) in [6.45, 7) is -0.0477. The molecule has 0 aromatic heterocycles. The second-order valence-electron chi connectivity index (χ2n) is 5.48. The van der Waals surface area contributed by atoms with Gasteiger partial charge in [-0.2, -0.15) is 0 Å². The second kappa shape index (κ2) is 6.98. The Kier molecular flexibility index (Phi) is 4.59. The molecule has 0 saturated heterocycles. The maximum atomic E-state index is 12.4. The summed E-state index contributed by atoms with van der Waals surface area (Å²) in [7, 11) is 0. The number of carbonyl (C=O) groups is 1. The maximum absolute atomic E-state index is 12.4. The largest absolute Gasteiger partial charge is 0.397 e. The third-order valence-corrected chi connectivity index (χ3v) is 3.81. The van der Waals surface area contributed by atoms with E-state index in [1.54, 1.807) is 30.3 Å². The van der Waals surface area contributed by atoms with Crippen LogP contribution in [0.3, 0.4) is 0 Å². The normalized spacial score (nSPS) is 10.4. The van der Waals surface area contributed by atoms with E-state index in [0.29, 0.717) is 16.9 Å². The van der Waals surface area contributed by atoms with Gasteiger partial charge in [0.2, 0.25) is 0 Å². The van der Waals surface area contributed by atoms with Crippen LogP contribution in [-0.4, -0.2) is 11.0 Å². The Balaban J connectivity index is 1.85. The van der Waals surface area contributed by atoms with E-state index in [-0.39, 0.29) is 12.5 Å². The highest BCUT2D eigenvalue weighted by Crippen LogP contribution is 2.27. The molecule has 1 amide bonds. The lowest BCUT2D eigenvalue weighted by molar-refractivity contribution is 0.102. The van der Waals surface area contributed by atoms with E-state index in [9.17, 15) is 4.79 Å². The molecule has 24 heavy (non-hydrogen) atoms. The van der Waals surface area contributed by atoms with Crippen LogP contribution in [0.5, 0.6) is 0 Å². The van der Waals surface area contributed by atoms with Gasteiger partial charge in [-0.3, -0.25) is 4.79 Å². The van der Waals surface area contributed by atoms with Crippen molar-refractivity contribution in [2.45, 2.75) is 6.61 Å². The van der Waals surface area contributed by atoms with Crippen molar-refractivity contribution >= 4 is 17.3 Å². The average molecular weight is 318 g/mol. The zero-order chi connectivity index (χ0) is 16.9. The molecule has 0 saturated carbocycles. The average Bonchev–Trinajstić information content (AvgIpc) is 2.64. The van der Waals surface area contributed by atoms with Crippen molar-refractivity contribution in [2.75, 3.05) is 11.1 Å². The molecule has 0 aliphatic rings. The summed E-state index contributed by atoms with van der Waals surface area (Å²) >= 11 is 0. The van der Waals surface area contributed by atoms with Crippen LogP contribution in [0.4, 0.5) is 11.4 Å². The molecule has 3 aromatic rings. The van der Waals surface area contributed by atoms with Gasteiger partial charge in [0.15, 0.2) is 0 Å². The first kappa shape index (κ1) is 15.8. The number of hydrogen-bond donors (Lipinski definition) is 3. The molecule has 4 N–H and O–H groups in total. The van der Waals surface area contributed by atoms with Crippen LogP contribution in [-0.2, 0) is 6.61 Å². The number of amides is 1. The van der Waals surface area contributed by atoms with Gasteiger partial charge in [-0.05, 0) is 41.0 Å². The first-order valence-corrected chi connectivity index (χ1v) is 7.63. The predicted molar refractivity (Wildman–Crippen MR) is 96.6 cm³/mol. The Morgan fingerprint density at radius 2 is 1.62 bits per heavy atom. The monoisotopic (exact) mass is 318 g/mol. The van der Waals surface area contributed by atoms with Crippen LogP contribution in [0.15, 0.2) is 72.8 Å².